The van der Waals surface area contributed by atoms with Gasteiger partial charge in [-0.25, -0.2) is 0 Å². The second-order valence-electron chi connectivity index (χ2n) is 4.24. The molecule has 4 heteroatoms. The van der Waals surface area contributed by atoms with E-state index in [0.29, 0.717) is 12.8 Å². The summed E-state index contributed by atoms with van der Waals surface area (Å²) in [6.07, 6.45) is 3.37. The lowest BCUT2D eigenvalue weighted by atomic mass is 10.3. The maximum atomic E-state index is 8.74. The minimum Gasteiger partial charge on any atom is -0.393 e. The molecule has 0 amide bonds. The van der Waals surface area contributed by atoms with Crippen LogP contribution in [-0.2, 0) is 0 Å². The van der Waals surface area contributed by atoms with Gasteiger partial charge in [-0.2, -0.15) is 0 Å². The average Bonchev–Trinajstić information content (AvgIpc) is 2.63. The van der Waals surface area contributed by atoms with Gasteiger partial charge in [0.05, 0.1) is 24.4 Å². The second kappa shape index (κ2) is 5.66. The number of aliphatic hydroxyl groups excluding tert-OH is 4. The minimum atomic E-state index is -0.227. The molecule has 4 atom stereocenters. The number of rotatable bonds is 0. The van der Waals surface area contributed by atoms with E-state index in [1.807, 2.05) is 0 Å². The summed E-state index contributed by atoms with van der Waals surface area (Å²) in [7, 11) is 0. The molecule has 2 rings (SSSR count). The molecule has 0 aromatic carbocycles. The summed E-state index contributed by atoms with van der Waals surface area (Å²) in [6.45, 7) is 0. The molecule has 0 aliphatic heterocycles. The van der Waals surface area contributed by atoms with Gasteiger partial charge in [-0.3, -0.25) is 0 Å². The Hall–Kier alpha value is -0.160. The zero-order valence-electron chi connectivity index (χ0n) is 8.34. The summed E-state index contributed by atoms with van der Waals surface area (Å²) >= 11 is 0. The quantitative estimate of drug-likeness (QED) is 0.440. The molecule has 14 heavy (non-hydrogen) atoms. The van der Waals surface area contributed by atoms with E-state index in [1.54, 1.807) is 0 Å². The van der Waals surface area contributed by atoms with Crippen LogP contribution in [0, 0.1) is 0 Å². The van der Waals surface area contributed by atoms with E-state index in [9.17, 15) is 0 Å². The van der Waals surface area contributed by atoms with Crippen molar-refractivity contribution in [2.75, 3.05) is 0 Å². The normalized spacial score (nSPS) is 42.0. The molecule has 2 aliphatic rings. The average molecular weight is 204 g/mol. The molecule has 0 aromatic rings. The number of hydrogen-bond acceptors (Lipinski definition) is 4. The molecular formula is C10H20O4. The summed E-state index contributed by atoms with van der Waals surface area (Å²) in [6, 6.07) is 0. The molecule has 0 spiro atoms. The molecule has 0 radical (unpaired) electrons. The number of hydrogen-bond donors (Lipinski definition) is 4. The van der Waals surface area contributed by atoms with Gasteiger partial charge in [0.1, 0.15) is 0 Å². The van der Waals surface area contributed by atoms with Crippen LogP contribution in [0.25, 0.3) is 0 Å². The van der Waals surface area contributed by atoms with Crippen LogP contribution < -0.4 is 0 Å². The van der Waals surface area contributed by atoms with E-state index in [0.717, 1.165) is 25.7 Å². The summed E-state index contributed by atoms with van der Waals surface area (Å²) in [5.74, 6) is 0. The van der Waals surface area contributed by atoms with Gasteiger partial charge in [0.25, 0.3) is 0 Å². The van der Waals surface area contributed by atoms with Crippen LogP contribution in [0.2, 0.25) is 0 Å². The van der Waals surface area contributed by atoms with Gasteiger partial charge in [0.15, 0.2) is 0 Å². The first-order valence-corrected chi connectivity index (χ1v) is 5.30. The maximum Gasteiger partial charge on any atom is 0.0565 e. The first kappa shape index (κ1) is 11.9. The van der Waals surface area contributed by atoms with Crippen LogP contribution in [0.5, 0.6) is 0 Å². The van der Waals surface area contributed by atoms with E-state index in [-0.39, 0.29) is 24.4 Å². The highest BCUT2D eigenvalue weighted by Crippen LogP contribution is 2.18. The van der Waals surface area contributed by atoms with E-state index >= 15 is 0 Å². The van der Waals surface area contributed by atoms with Crippen LogP contribution in [-0.4, -0.2) is 44.8 Å². The highest BCUT2D eigenvalue weighted by atomic mass is 16.3. The Morgan fingerprint density at radius 2 is 0.714 bits per heavy atom. The van der Waals surface area contributed by atoms with Crippen LogP contribution >= 0.6 is 0 Å². The fraction of sp³-hybridized carbons (Fsp3) is 1.00. The van der Waals surface area contributed by atoms with Crippen molar-refractivity contribution in [2.45, 2.75) is 62.9 Å². The fourth-order valence-electron chi connectivity index (χ4n) is 1.87. The third-order valence-electron chi connectivity index (χ3n) is 2.75. The molecule has 84 valence electrons. The summed E-state index contributed by atoms with van der Waals surface area (Å²) in [4.78, 5) is 0. The highest BCUT2D eigenvalue weighted by Gasteiger charge is 2.20. The first-order chi connectivity index (χ1) is 6.58. The third kappa shape index (κ3) is 4.37. The van der Waals surface area contributed by atoms with Crippen molar-refractivity contribution in [3.8, 4) is 0 Å². The van der Waals surface area contributed by atoms with Crippen LogP contribution in [0.3, 0.4) is 0 Å². The zero-order valence-corrected chi connectivity index (χ0v) is 8.34. The lowest BCUT2D eigenvalue weighted by molar-refractivity contribution is 0.136. The SMILES string of the molecule is O[C@@H]1CC[C@H](O)C1.O[C@@H]1CC[C@H](O)C1. The van der Waals surface area contributed by atoms with Crippen molar-refractivity contribution in [3.05, 3.63) is 0 Å². The van der Waals surface area contributed by atoms with Gasteiger partial charge >= 0.3 is 0 Å². The second-order valence-corrected chi connectivity index (χ2v) is 4.24. The Balaban J connectivity index is 0.000000140. The molecule has 0 bridgehead atoms. The predicted octanol–water partition coefficient (Wildman–Crippen LogP) is -0.216. The van der Waals surface area contributed by atoms with Crippen LogP contribution in [0.4, 0.5) is 0 Å². The van der Waals surface area contributed by atoms with Crippen molar-refractivity contribution in [1.29, 1.82) is 0 Å². The Labute approximate surface area is 84.2 Å². The van der Waals surface area contributed by atoms with Crippen molar-refractivity contribution >= 4 is 0 Å². The summed E-state index contributed by atoms with van der Waals surface area (Å²) < 4.78 is 0. The lowest BCUT2D eigenvalue weighted by Crippen LogP contribution is -2.02. The molecule has 2 saturated carbocycles. The first-order valence-electron chi connectivity index (χ1n) is 5.30. The third-order valence-corrected chi connectivity index (χ3v) is 2.75. The molecule has 0 aromatic heterocycles. The topological polar surface area (TPSA) is 80.9 Å². The van der Waals surface area contributed by atoms with E-state index in [2.05, 4.69) is 0 Å². The van der Waals surface area contributed by atoms with Crippen molar-refractivity contribution in [1.82, 2.24) is 0 Å². The largest absolute Gasteiger partial charge is 0.393 e. The Kier molecular flexibility index (Phi) is 4.81. The smallest absolute Gasteiger partial charge is 0.0565 e. The fourth-order valence-corrected chi connectivity index (χ4v) is 1.87. The highest BCUT2D eigenvalue weighted by molar-refractivity contribution is 4.72. The standard InChI is InChI=1S/2C5H10O2/c2*6-4-1-2-5(7)3-4/h2*4-7H,1-3H2/t2*4-,5+. The Bertz CT molecular complexity index is 128. The van der Waals surface area contributed by atoms with E-state index in [1.165, 1.54) is 0 Å². The van der Waals surface area contributed by atoms with Crippen molar-refractivity contribution in [3.63, 3.8) is 0 Å². The van der Waals surface area contributed by atoms with E-state index in [4.69, 9.17) is 20.4 Å². The summed E-state index contributed by atoms with van der Waals surface area (Å²) in [5, 5.41) is 35.0. The summed E-state index contributed by atoms with van der Waals surface area (Å²) in [5.41, 5.74) is 0. The van der Waals surface area contributed by atoms with Gasteiger partial charge in [0, 0.05) is 0 Å². The predicted molar refractivity (Wildman–Crippen MR) is 51.7 cm³/mol. The number of aliphatic hydroxyl groups is 4. The van der Waals surface area contributed by atoms with Crippen LogP contribution in [0.1, 0.15) is 38.5 Å². The van der Waals surface area contributed by atoms with Gasteiger partial charge < -0.3 is 20.4 Å². The molecule has 2 aliphatic carbocycles. The van der Waals surface area contributed by atoms with Gasteiger partial charge in [0.2, 0.25) is 0 Å². The van der Waals surface area contributed by atoms with Crippen molar-refractivity contribution < 1.29 is 20.4 Å². The monoisotopic (exact) mass is 204 g/mol. The van der Waals surface area contributed by atoms with Crippen molar-refractivity contribution in [2.24, 2.45) is 0 Å². The molecule has 4 nitrogen and oxygen atoms in total. The Morgan fingerprint density at radius 3 is 0.786 bits per heavy atom. The molecule has 2 fully saturated rings. The van der Waals surface area contributed by atoms with Gasteiger partial charge in [-0.05, 0) is 38.5 Å². The van der Waals surface area contributed by atoms with Gasteiger partial charge in [-0.15, -0.1) is 0 Å². The van der Waals surface area contributed by atoms with E-state index < -0.39 is 0 Å². The molecule has 0 heterocycles. The lowest BCUT2D eigenvalue weighted by Gasteiger charge is -1.95. The zero-order chi connectivity index (χ0) is 10.6. The molecular weight excluding hydrogens is 184 g/mol. The molecule has 0 saturated heterocycles. The minimum absolute atomic E-state index is 0.227. The van der Waals surface area contributed by atoms with Crippen LogP contribution in [0.15, 0.2) is 0 Å². The molecule has 4 N–H and O–H groups in total. The maximum absolute atomic E-state index is 8.74. The van der Waals surface area contributed by atoms with Gasteiger partial charge in [-0.1, -0.05) is 0 Å². The Morgan fingerprint density at radius 1 is 0.500 bits per heavy atom. The molecule has 0 unspecified atom stereocenters.